The Hall–Kier alpha value is -1.51. The van der Waals surface area contributed by atoms with Gasteiger partial charge in [0.25, 0.3) is 0 Å². The number of ether oxygens (including phenoxy) is 2. The molecule has 1 aromatic rings. The summed E-state index contributed by atoms with van der Waals surface area (Å²) < 4.78 is 10.1. The zero-order valence-electron chi connectivity index (χ0n) is 10.5. The second-order valence-electron chi connectivity index (χ2n) is 4.81. The average molecular weight is 222 g/mol. The Balaban J connectivity index is 2.67. The van der Waals surface area contributed by atoms with E-state index in [9.17, 15) is 4.79 Å². The molecule has 0 aliphatic carbocycles. The van der Waals surface area contributed by atoms with Gasteiger partial charge in [-0.3, -0.25) is 0 Å². The van der Waals surface area contributed by atoms with Gasteiger partial charge >= 0.3 is 6.16 Å². The smallest absolute Gasteiger partial charge is 0.428 e. The summed E-state index contributed by atoms with van der Waals surface area (Å²) in [5.41, 5.74) is 1.72. The van der Waals surface area contributed by atoms with Crippen molar-refractivity contribution in [3.8, 4) is 5.75 Å². The lowest BCUT2D eigenvalue weighted by Crippen LogP contribution is -2.25. The highest BCUT2D eigenvalue weighted by Crippen LogP contribution is 2.18. The molecule has 0 fully saturated rings. The highest BCUT2D eigenvalue weighted by molar-refractivity contribution is 5.64. The van der Waals surface area contributed by atoms with Gasteiger partial charge in [-0.05, 0) is 57.9 Å². The van der Waals surface area contributed by atoms with Crippen molar-refractivity contribution in [2.24, 2.45) is 0 Å². The maximum absolute atomic E-state index is 11.4. The van der Waals surface area contributed by atoms with E-state index in [-0.39, 0.29) is 0 Å². The summed E-state index contributed by atoms with van der Waals surface area (Å²) in [5, 5.41) is 0. The van der Waals surface area contributed by atoms with Crippen molar-refractivity contribution < 1.29 is 14.3 Å². The molecule has 16 heavy (non-hydrogen) atoms. The molecule has 0 aliphatic heterocycles. The molecular weight excluding hydrogens is 204 g/mol. The van der Waals surface area contributed by atoms with Crippen molar-refractivity contribution in [2.75, 3.05) is 0 Å². The first-order valence-electron chi connectivity index (χ1n) is 5.26. The van der Waals surface area contributed by atoms with Gasteiger partial charge in [0.1, 0.15) is 11.4 Å². The fourth-order valence-corrected chi connectivity index (χ4v) is 1.14. The molecule has 0 atom stereocenters. The van der Waals surface area contributed by atoms with Crippen LogP contribution in [0.3, 0.4) is 0 Å². The third kappa shape index (κ3) is 3.93. The summed E-state index contributed by atoms with van der Waals surface area (Å²) >= 11 is 0. The van der Waals surface area contributed by atoms with E-state index < -0.39 is 11.8 Å². The molecule has 0 saturated heterocycles. The van der Waals surface area contributed by atoms with Crippen LogP contribution < -0.4 is 4.74 Å². The number of hydrogen-bond acceptors (Lipinski definition) is 3. The third-order valence-electron chi connectivity index (χ3n) is 2.07. The maximum atomic E-state index is 11.4. The Morgan fingerprint density at radius 1 is 1.12 bits per heavy atom. The quantitative estimate of drug-likeness (QED) is 0.537. The largest absolute Gasteiger partial charge is 0.514 e. The zero-order chi connectivity index (χ0) is 12.3. The molecule has 0 aliphatic rings. The molecule has 0 heterocycles. The average Bonchev–Trinajstić information content (AvgIpc) is 2.08. The van der Waals surface area contributed by atoms with Gasteiger partial charge < -0.3 is 9.47 Å². The van der Waals surface area contributed by atoms with Gasteiger partial charge in [0.15, 0.2) is 0 Å². The fourth-order valence-electron chi connectivity index (χ4n) is 1.14. The van der Waals surface area contributed by atoms with Crippen LogP contribution in [0.2, 0.25) is 0 Å². The van der Waals surface area contributed by atoms with E-state index in [1.807, 2.05) is 26.0 Å². The van der Waals surface area contributed by atoms with Crippen molar-refractivity contribution in [3.05, 3.63) is 29.3 Å². The number of benzene rings is 1. The molecule has 0 radical (unpaired) electrons. The number of rotatable bonds is 1. The third-order valence-corrected chi connectivity index (χ3v) is 2.07. The van der Waals surface area contributed by atoms with Gasteiger partial charge in [0.2, 0.25) is 0 Å². The van der Waals surface area contributed by atoms with Crippen LogP contribution in [0.5, 0.6) is 5.75 Å². The summed E-state index contributed by atoms with van der Waals surface area (Å²) in [6, 6.07) is 5.49. The lowest BCUT2D eigenvalue weighted by atomic mass is 10.1. The van der Waals surface area contributed by atoms with Crippen LogP contribution in [0, 0.1) is 13.8 Å². The summed E-state index contributed by atoms with van der Waals surface area (Å²) in [6.45, 7) is 9.38. The number of carbonyl (C=O) groups is 1. The predicted molar refractivity (Wildman–Crippen MR) is 62.8 cm³/mol. The molecule has 0 saturated carbocycles. The van der Waals surface area contributed by atoms with E-state index in [2.05, 4.69) is 0 Å². The van der Waals surface area contributed by atoms with Gasteiger partial charge in [-0.1, -0.05) is 6.07 Å². The van der Waals surface area contributed by atoms with Gasteiger partial charge in [0.05, 0.1) is 0 Å². The molecule has 0 unspecified atom stereocenters. The van der Waals surface area contributed by atoms with Crippen molar-refractivity contribution in [2.45, 2.75) is 40.2 Å². The SMILES string of the molecule is Cc1ccc(OC(=O)OC(C)(C)C)cc1C. The van der Waals surface area contributed by atoms with Crippen LogP contribution in [0.25, 0.3) is 0 Å². The maximum Gasteiger partial charge on any atom is 0.514 e. The van der Waals surface area contributed by atoms with E-state index >= 15 is 0 Å². The first-order valence-corrected chi connectivity index (χ1v) is 5.26. The van der Waals surface area contributed by atoms with Crippen molar-refractivity contribution >= 4 is 6.16 Å². The molecule has 0 aromatic heterocycles. The molecule has 1 aromatic carbocycles. The Kier molecular flexibility index (Phi) is 3.58. The highest BCUT2D eigenvalue weighted by Gasteiger charge is 2.18. The standard InChI is InChI=1S/C13H18O3/c1-9-6-7-11(8-10(9)2)15-12(14)16-13(3,4)5/h6-8H,1-5H3. The van der Waals surface area contributed by atoms with Crippen molar-refractivity contribution in [3.63, 3.8) is 0 Å². The molecule has 1 rings (SSSR count). The van der Waals surface area contributed by atoms with Crippen LogP contribution in [0.4, 0.5) is 4.79 Å². The summed E-state index contributed by atoms with van der Waals surface area (Å²) in [7, 11) is 0. The zero-order valence-corrected chi connectivity index (χ0v) is 10.5. The molecule has 3 heteroatoms. The minimum Gasteiger partial charge on any atom is -0.428 e. The van der Waals surface area contributed by atoms with Crippen molar-refractivity contribution in [1.29, 1.82) is 0 Å². The number of carbonyl (C=O) groups excluding carboxylic acids is 1. The van der Waals surface area contributed by atoms with Gasteiger partial charge in [-0.15, -0.1) is 0 Å². The van der Waals surface area contributed by atoms with Crippen molar-refractivity contribution in [1.82, 2.24) is 0 Å². The summed E-state index contributed by atoms with van der Waals surface area (Å²) in [4.78, 5) is 11.4. The lowest BCUT2D eigenvalue weighted by molar-refractivity contribution is 0.0206. The van der Waals surface area contributed by atoms with Gasteiger partial charge in [-0.2, -0.15) is 0 Å². The van der Waals surface area contributed by atoms with E-state index in [1.54, 1.807) is 26.8 Å². The lowest BCUT2D eigenvalue weighted by Gasteiger charge is -2.18. The molecule has 0 bridgehead atoms. The van der Waals surface area contributed by atoms with E-state index in [4.69, 9.17) is 9.47 Å². The highest BCUT2D eigenvalue weighted by atomic mass is 16.7. The number of hydrogen-bond donors (Lipinski definition) is 0. The Morgan fingerprint density at radius 3 is 2.25 bits per heavy atom. The molecule has 0 amide bonds. The minimum absolute atomic E-state index is 0.511. The fraction of sp³-hybridized carbons (Fsp3) is 0.462. The van der Waals surface area contributed by atoms with Gasteiger partial charge in [0, 0.05) is 0 Å². The summed E-state index contributed by atoms with van der Waals surface area (Å²) in [6.07, 6.45) is -0.671. The minimum atomic E-state index is -0.671. The molecular formula is C13H18O3. The molecule has 3 nitrogen and oxygen atoms in total. The first-order chi connectivity index (χ1) is 7.28. The second kappa shape index (κ2) is 4.56. The Bertz CT molecular complexity index is 389. The van der Waals surface area contributed by atoms with Crippen LogP contribution in [0.1, 0.15) is 31.9 Å². The molecule has 88 valence electrons. The Labute approximate surface area is 96.4 Å². The van der Waals surface area contributed by atoms with Crippen LogP contribution >= 0.6 is 0 Å². The molecule has 0 N–H and O–H groups in total. The van der Waals surface area contributed by atoms with E-state index in [0.717, 1.165) is 11.1 Å². The van der Waals surface area contributed by atoms with Crippen LogP contribution in [-0.4, -0.2) is 11.8 Å². The van der Waals surface area contributed by atoms with Gasteiger partial charge in [-0.25, -0.2) is 4.79 Å². The Morgan fingerprint density at radius 2 is 1.75 bits per heavy atom. The topological polar surface area (TPSA) is 35.5 Å². The van der Waals surface area contributed by atoms with E-state index in [0.29, 0.717) is 5.75 Å². The normalized spacial score (nSPS) is 11.1. The van der Waals surface area contributed by atoms with Crippen LogP contribution in [-0.2, 0) is 4.74 Å². The van der Waals surface area contributed by atoms with E-state index in [1.165, 1.54) is 0 Å². The predicted octanol–water partition coefficient (Wildman–Crippen LogP) is 3.62. The monoisotopic (exact) mass is 222 g/mol. The van der Waals surface area contributed by atoms with Crippen LogP contribution in [0.15, 0.2) is 18.2 Å². The number of aryl methyl sites for hydroxylation is 2. The molecule has 0 spiro atoms. The summed E-state index contributed by atoms with van der Waals surface area (Å²) in [5.74, 6) is 0.511. The second-order valence-corrected chi connectivity index (χ2v) is 4.81. The first kappa shape index (κ1) is 12.6.